The molecule has 3 heteroatoms. The lowest BCUT2D eigenvalue weighted by Gasteiger charge is -2.34. The zero-order chi connectivity index (χ0) is 41.0. The summed E-state index contributed by atoms with van der Waals surface area (Å²) in [5, 5.41) is 2.62. The van der Waals surface area contributed by atoms with Gasteiger partial charge in [-0.25, -0.2) is 9.97 Å². The minimum Gasteiger partial charge on any atom is -0.228 e. The summed E-state index contributed by atoms with van der Waals surface area (Å²) >= 11 is 1.86. The molecule has 2 aromatic heterocycles. The van der Waals surface area contributed by atoms with Gasteiger partial charge in [0.25, 0.3) is 0 Å². The Balaban J connectivity index is 0.958. The molecule has 2 nitrogen and oxygen atoms in total. The molecule has 0 amide bonds. The van der Waals surface area contributed by atoms with Crippen LogP contribution in [-0.2, 0) is 5.41 Å². The van der Waals surface area contributed by atoms with Gasteiger partial charge in [0, 0.05) is 36.9 Å². The zero-order valence-corrected chi connectivity index (χ0v) is 34.6. The molecule has 290 valence electrons. The van der Waals surface area contributed by atoms with Crippen LogP contribution in [0.4, 0.5) is 0 Å². The second-order valence-corrected chi connectivity index (χ2v) is 17.1. The predicted octanol–water partition coefficient (Wildman–Crippen LogP) is 15.5. The predicted molar refractivity (Wildman–Crippen MR) is 259 cm³/mol. The molecule has 0 N–H and O–H groups in total. The third kappa shape index (κ3) is 5.85. The van der Waals surface area contributed by atoms with Crippen molar-refractivity contribution in [3.05, 3.63) is 253 Å². The Bertz CT molecular complexity index is 3410. The summed E-state index contributed by atoms with van der Waals surface area (Å²) in [5.41, 5.74) is 16.8. The second kappa shape index (κ2) is 14.8. The molecule has 2 heterocycles. The van der Waals surface area contributed by atoms with Gasteiger partial charge in [-0.05, 0) is 79.9 Å². The van der Waals surface area contributed by atoms with Crippen molar-refractivity contribution in [2.45, 2.75) is 5.41 Å². The fraction of sp³-hybridized carbons (Fsp3) is 0.0169. The maximum absolute atomic E-state index is 5.23. The maximum Gasteiger partial charge on any atom is 0.160 e. The van der Waals surface area contributed by atoms with E-state index in [1.54, 1.807) is 0 Å². The van der Waals surface area contributed by atoms with Crippen molar-refractivity contribution < 1.29 is 0 Å². The van der Waals surface area contributed by atoms with Crippen molar-refractivity contribution in [1.29, 1.82) is 0 Å². The first-order valence-corrected chi connectivity index (χ1v) is 22.0. The fourth-order valence-corrected chi connectivity index (χ4v) is 11.0. The van der Waals surface area contributed by atoms with Crippen molar-refractivity contribution in [2.75, 3.05) is 0 Å². The number of hydrogen-bond acceptors (Lipinski definition) is 3. The largest absolute Gasteiger partial charge is 0.228 e. The molecule has 0 unspecified atom stereocenters. The fourth-order valence-electron chi connectivity index (χ4n) is 9.76. The van der Waals surface area contributed by atoms with E-state index in [0.717, 1.165) is 39.2 Å². The van der Waals surface area contributed by atoms with E-state index in [0.29, 0.717) is 5.82 Å². The quantitative estimate of drug-likeness (QED) is 0.160. The third-order valence-electron chi connectivity index (χ3n) is 12.6. The molecule has 0 radical (unpaired) electrons. The molecule has 0 atom stereocenters. The highest BCUT2D eigenvalue weighted by molar-refractivity contribution is 7.26. The lowest BCUT2D eigenvalue weighted by Crippen LogP contribution is -2.28. The Morgan fingerprint density at radius 2 is 0.839 bits per heavy atom. The van der Waals surface area contributed by atoms with Crippen LogP contribution in [0.1, 0.15) is 22.3 Å². The van der Waals surface area contributed by atoms with E-state index in [9.17, 15) is 0 Å². The van der Waals surface area contributed by atoms with E-state index in [2.05, 4.69) is 212 Å². The van der Waals surface area contributed by atoms with Crippen LogP contribution in [-0.4, -0.2) is 9.97 Å². The highest BCUT2D eigenvalue weighted by atomic mass is 32.1. The molecule has 12 rings (SSSR count). The van der Waals surface area contributed by atoms with Gasteiger partial charge in [-0.3, -0.25) is 0 Å². The Hall–Kier alpha value is -7.72. The molecule has 9 aromatic carbocycles. The number of thiophene rings is 1. The van der Waals surface area contributed by atoms with Crippen molar-refractivity contribution >= 4 is 31.5 Å². The standard InChI is InChI=1S/C59H38N2S/c1-3-16-41(17-4-1)58-60-54(40-34-32-39(33-35-40)47-27-15-28-51-50-26-9-12-31-56(50)62-57(47)51)38-55(61-58)44-20-13-18-42(36-44)43-19-14-23-46(37-43)59(45-21-5-2-6-22-45)52-29-10-7-24-48(52)49-25-8-11-30-53(49)59/h1-38H. The monoisotopic (exact) mass is 806 g/mol. The van der Waals surface area contributed by atoms with Crippen molar-refractivity contribution in [1.82, 2.24) is 9.97 Å². The number of nitrogens with zero attached hydrogens (tertiary/aromatic N) is 2. The summed E-state index contributed by atoms with van der Waals surface area (Å²) in [6.45, 7) is 0. The summed E-state index contributed by atoms with van der Waals surface area (Å²) in [5.74, 6) is 0.702. The first-order valence-electron chi connectivity index (χ1n) is 21.1. The average molecular weight is 807 g/mol. The van der Waals surface area contributed by atoms with Gasteiger partial charge in [-0.1, -0.05) is 206 Å². The topological polar surface area (TPSA) is 25.8 Å². The molecule has 0 bridgehead atoms. The molecule has 0 spiro atoms. The van der Waals surface area contributed by atoms with Gasteiger partial charge in [0.05, 0.1) is 16.8 Å². The SMILES string of the molecule is c1ccc(-c2nc(-c3ccc(-c4cccc5c4sc4ccccc45)cc3)cc(-c3cccc(-c4cccc(C5(c6ccccc6)c6ccccc6-c6ccccc65)c4)c3)n2)cc1. The van der Waals surface area contributed by atoms with Crippen LogP contribution in [0, 0.1) is 0 Å². The Labute approximate surface area is 365 Å². The van der Waals surface area contributed by atoms with Crippen LogP contribution < -0.4 is 0 Å². The molecule has 0 aliphatic heterocycles. The van der Waals surface area contributed by atoms with Crippen LogP contribution in [0.25, 0.3) is 87.5 Å². The minimum absolute atomic E-state index is 0.464. The molecule has 62 heavy (non-hydrogen) atoms. The maximum atomic E-state index is 5.23. The minimum atomic E-state index is -0.464. The lowest BCUT2D eigenvalue weighted by atomic mass is 9.67. The van der Waals surface area contributed by atoms with Crippen molar-refractivity contribution in [3.63, 3.8) is 0 Å². The third-order valence-corrected chi connectivity index (χ3v) is 13.8. The van der Waals surface area contributed by atoms with Gasteiger partial charge in [-0.15, -0.1) is 11.3 Å². The first-order chi connectivity index (χ1) is 30.7. The Kier molecular flexibility index (Phi) is 8.62. The number of aromatic nitrogens is 2. The molecule has 0 saturated carbocycles. The van der Waals surface area contributed by atoms with E-state index in [1.807, 2.05) is 29.5 Å². The zero-order valence-electron chi connectivity index (χ0n) is 33.7. The van der Waals surface area contributed by atoms with Crippen molar-refractivity contribution in [3.8, 4) is 67.3 Å². The summed E-state index contributed by atoms with van der Waals surface area (Å²) in [6.07, 6.45) is 0. The number of fused-ring (bicyclic) bond motifs is 6. The molecule has 0 saturated heterocycles. The van der Waals surface area contributed by atoms with Crippen LogP contribution >= 0.6 is 11.3 Å². The highest BCUT2D eigenvalue weighted by Crippen LogP contribution is 2.56. The number of benzene rings is 9. The van der Waals surface area contributed by atoms with Crippen molar-refractivity contribution in [2.24, 2.45) is 0 Å². The molecule has 1 aliphatic rings. The van der Waals surface area contributed by atoms with E-state index >= 15 is 0 Å². The van der Waals surface area contributed by atoms with Gasteiger partial charge in [0.1, 0.15) is 0 Å². The van der Waals surface area contributed by atoms with Crippen LogP contribution in [0.15, 0.2) is 231 Å². The van der Waals surface area contributed by atoms with E-state index in [1.165, 1.54) is 64.7 Å². The van der Waals surface area contributed by atoms with Gasteiger partial charge in [0.2, 0.25) is 0 Å². The summed E-state index contributed by atoms with van der Waals surface area (Å²) in [6, 6.07) is 83.4. The lowest BCUT2D eigenvalue weighted by molar-refractivity contribution is 0.769. The van der Waals surface area contributed by atoms with E-state index in [-0.39, 0.29) is 0 Å². The Morgan fingerprint density at radius 3 is 1.60 bits per heavy atom. The van der Waals surface area contributed by atoms with Crippen LogP contribution in [0.5, 0.6) is 0 Å². The molecule has 0 fully saturated rings. The molecule has 1 aliphatic carbocycles. The normalized spacial score (nSPS) is 12.6. The van der Waals surface area contributed by atoms with E-state index < -0.39 is 5.41 Å². The number of rotatable bonds is 7. The van der Waals surface area contributed by atoms with Gasteiger partial charge >= 0.3 is 0 Å². The second-order valence-electron chi connectivity index (χ2n) is 16.1. The van der Waals surface area contributed by atoms with Crippen LogP contribution in [0.2, 0.25) is 0 Å². The van der Waals surface area contributed by atoms with Gasteiger partial charge in [-0.2, -0.15) is 0 Å². The summed E-state index contributed by atoms with van der Waals surface area (Å²) in [4.78, 5) is 10.4. The molecular formula is C59H38N2S. The smallest absolute Gasteiger partial charge is 0.160 e. The summed E-state index contributed by atoms with van der Waals surface area (Å²) in [7, 11) is 0. The Morgan fingerprint density at radius 1 is 0.323 bits per heavy atom. The molecular weight excluding hydrogens is 769 g/mol. The van der Waals surface area contributed by atoms with E-state index in [4.69, 9.17) is 9.97 Å². The molecule has 11 aromatic rings. The highest BCUT2D eigenvalue weighted by Gasteiger charge is 2.45. The first kappa shape index (κ1) is 36.2. The average Bonchev–Trinajstić information content (AvgIpc) is 3.89. The van der Waals surface area contributed by atoms with Crippen LogP contribution in [0.3, 0.4) is 0 Å². The van der Waals surface area contributed by atoms with Gasteiger partial charge < -0.3 is 0 Å². The number of hydrogen-bond donors (Lipinski definition) is 0. The summed E-state index contributed by atoms with van der Waals surface area (Å²) < 4.78 is 2.63. The van der Waals surface area contributed by atoms with Gasteiger partial charge in [0.15, 0.2) is 5.82 Å².